The Morgan fingerprint density at radius 1 is 0.938 bits per heavy atom. The maximum atomic E-state index is 12.9. The van der Waals surface area contributed by atoms with E-state index < -0.39 is 0 Å². The van der Waals surface area contributed by atoms with Gasteiger partial charge in [0.15, 0.2) is 0 Å². The average Bonchev–Trinajstić information content (AvgIpc) is 3.08. The Balaban J connectivity index is 1.66. The van der Waals surface area contributed by atoms with Crippen LogP contribution in [0, 0.1) is 6.92 Å². The second-order valence-corrected chi connectivity index (χ2v) is 8.47. The van der Waals surface area contributed by atoms with Crippen LogP contribution in [0.15, 0.2) is 41.2 Å². The van der Waals surface area contributed by atoms with Crippen LogP contribution in [-0.4, -0.2) is 28.3 Å². The molecule has 7 nitrogen and oxygen atoms in total. The number of carbonyl (C=O) groups is 1. The number of aryl methyl sites for hydroxylation is 3. The Labute approximate surface area is 189 Å². The molecule has 1 aliphatic rings. The number of benzene rings is 2. The minimum absolute atomic E-state index is 0.00410. The smallest absolute Gasteiger partial charge is 0.329 e. The van der Waals surface area contributed by atoms with Crippen LogP contribution in [0.25, 0.3) is 11.0 Å². The number of hydrogen-bond donors (Lipinski definition) is 2. The Hall–Kier alpha value is -3.22. The molecule has 0 bridgehead atoms. The highest BCUT2D eigenvalue weighted by Gasteiger charge is 2.20. The van der Waals surface area contributed by atoms with E-state index in [4.69, 9.17) is 0 Å². The molecule has 7 heteroatoms. The third-order valence-corrected chi connectivity index (χ3v) is 6.29. The summed E-state index contributed by atoms with van der Waals surface area (Å²) in [5, 5.41) is 6.02. The van der Waals surface area contributed by atoms with Gasteiger partial charge in [-0.05, 0) is 57.7 Å². The highest BCUT2D eigenvalue weighted by atomic mass is 16.2. The number of nitrogens with one attached hydrogen (secondary N) is 2. The van der Waals surface area contributed by atoms with Crippen molar-refractivity contribution in [3.8, 4) is 0 Å². The summed E-state index contributed by atoms with van der Waals surface area (Å²) < 4.78 is 3.59. The molecule has 1 aliphatic heterocycles. The minimum atomic E-state index is -0.247. The molecule has 1 fully saturated rings. The normalized spacial score (nSPS) is 14.0. The molecule has 0 unspecified atom stereocenters. The monoisotopic (exact) mass is 435 g/mol. The van der Waals surface area contributed by atoms with Crippen molar-refractivity contribution >= 4 is 28.4 Å². The number of piperidine rings is 1. The van der Waals surface area contributed by atoms with E-state index in [9.17, 15) is 9.59 Å². The molecule has 1 saturated heterocycles. The SMILES string of the molecule is CCn1c(=O)n(CC)c2cc(N3CCCCC3)c(NC(=O)NCc3ccc(C)cc3)cc21. The van der Waals surface area contributed by atoms with Gasteiger partial charge in [0.05, 0.1) is 22.4 Å². The fourth-order valence-corrected chi connectivity index (χ4v) is 4.51. The van der Waals surface area contributed by atoms with Gasteiger partial charge in [-0.15, -0.1) is 0 Å². The number of urea groups is 1. The molecule has 170 valence electrons. The largest absolute Gasteiger partial charge is 0.370 e. The quantitative estimate of drug-likeness (QED) is 0.600. The fourth-order valence-electron chi connectivity index (χ4n) is 4.51. The van der Waals surface area contributed by atoms with E-state index in [0.29, 0.717) is 19.6 Å². The molecule has 2 N–H and O–H groups in total. The summed E-state index contributed by atoms with van der Waals surface area (Å²) in [7, 11) is 0. The molecule has 3 aromatic rings. The van der Waals surface area contributed by atoms with Crippen LogP contribution in [0.3, 0.4) is 0 Å². The maximum Gasteiger partial charge on any atom is 0.329 e. The second-order valence-electron chi connectivity index (χ2n) is 8.47. The summed E-state index contributed by atoms with van der Waals surface area (Å²) >= 11 is 0. The Kier molecular flexibility index (Phi) is 6.53. The van der Waals surface area contributed by atoms with E-state index >= 15 is 0 Å². The van der Waals surface area contributed by atoms with Gasteiger partial charge >= 0.3 is 11.7 Å². The van der Waals surface area contributed by atoms with Gasteiger partial charge in [0, 0.05) is 32.7 Å². The first-order valence-corrected chi connectivity index (χ1v) is 11.6. The number of aromatic nitrogens is 2. The van der Waals surface area contributed by atoms with Crippen LogP contribution in [0.4, 0.5) is 16.2 Å². The molecule has 2 heterocycles. The predicted octanol–water partition coefficient (Wildman–Crippen LogP) is 4.46. The number of amides is 2. The minimum Gasteiger partial charge on any atom is -0.370 e. The summed E-state index contributed by atoms with van der Waals surface area (Å²) in [5.41, 5.74) is 5.75. The molecule has 32 heavy (non-hydrogen) atoms. The van der Waals surface area contributed by atoms with Crippen LogP contribution in [0.1, 0.15) is 44.2 Å². The van der Waals surface area contributed by atoms with Crippen LogP contribution < -0.4 is 21.2 Å². The molecule has 0 radical (unpaired) electrons. The number of imidazole rings is 1. The standard InChI is InChI=1S/C25H33N5O2/c1-4-29-22-15-20(27-24(31)26-17-19-11-9-18(3)10-12-19)21(28-13-7-6-8-14-28)16-23(22)30(5-2)25(29)32/h9-12,15-16H,4-8,13-14,17H2,1-3H3,(H2,26,27,31). The van der Waals surface area contributed by atoms with Gasteiger partial charge in [-0.2, -0.15) is 0 Å². The van der Waals surface area contributed by atoms with Crippen LogP contribution in [-0.2, 0) is 19.6 Å². The van der Waals surface area contributed by atoms with E-state index in [0.717, 1.165) is 53.9 Å². The maximum absolute atomic E-state index is 12.9. The van der Waals surface area contributed by atoms with Crippen molar-refractivity contribution in [1.82, 2.24) is 14.5 Å². The van der Waals surface area contributed by atoms with Crippen molar-refractivity contribution in [3.05, 3.63) is 58.0 Å². The van der Waals surface area contributed by atoms with E-state index in [1.54, 1.807) is 4.57 Å². The van der Waals surface area contributed by atoms with Crippen molar-refractivity contribution in [2.24, 2.45) is 0 Å². The Bertz CT molecular complexity index is 1150. The van der Waals surface area contributed by atoms with Gasteiger partial charge in [0.2, 0.25) is 0 Å². The number of nitrogens with zero attached hydrogens (tertiary/aromatic N) is 3. The first-order valence-electron chi connectivity index (χ1n) is 11.6. The zero-order valence-corrected chi connectivity index (χ0v) is 19.3. The van der Waals surface area contributed by atoms with Crippen molar-refractivity contribution in [2.45, 2.75) is 59.7 Å². The molecule has 0 atom stereocenters. The van der Waals surface area contributed by atoms with Crippen LogP contribution in [0.5, 0.6) is 0 Å². The summed E-state index contributed by atoms with van der Waals surface area (Å²) in [6.45, 7) is 9.58. The lowest BCUT2D eigenvalue weighted by Crippen LogP contribution is -2.32. The predicted molar refractivity (Wildman–Crippen MR) is 131 cm³/mol. The zero-order chi connectivity index (χ0) is 22.7. The summed E-state index contributed by atoms with van der Waals surface area (Å²) in [6.07, 6.45) is 3.49. The zero-order valence-electron chi connectivity index (χ0n) is 19.3. The van der Waals surface area contributed by atoms with E-state index in [2.05, 4.69) is 21.6 Å². The van der Waals surface area contributed by atoms with Crippen molar-refractivity contribution in [2.75, 3.05) is 23.3 Å². The number of rotatable bonds is 6. The van der Waals surface area contributed by atoms with Gasteiger partial charge < -0.3 is 15.5 Å². The molecule has 0 spiro atoms. The Morgan fingerprint density at radius 2 is 1.56 bits per heavy atom. The first-order chi connectivity index (χ1) is 15.5. The number of carbonyl (C=O) groups excluding carboxylic acids is 1. The summed E-state index contributed by atoms with van der Waals surface area (Å²) in [4.78, 5) is 28.0. The number of anilines is 2. The molecule has 4 rings (SSSR count). The highest BCUT2D eigenvalue weighted by molar-refractivity contribution is 5.98. The summed E-state index contributed by atoms with van der Waals surface area (Å²) in [5.74, 6) is 0. The average molecular weight is 436 g/mol. The molecule has 0 aliphatic carbocycles. The second kappa shape index (κ2) is 9.51. The van der Waals surface area contributed by atoms with E-state index in [1.807, 2.05) is 55.7 Å². The Morgan fingerprint density at radius 3 is 2.19 bits per heavy atom. The molecular weight excluding hydrogens is 402 g/mol. The lowest BCUT2D eigenvalue weighted by molar-refractivity contribution is 0.251. The van der Waals surface area contributed by atoms with Gasteiger partial charge in [0.25, 0.3) is 0 Å². The summed E-state index contributed by atoms with van der Waals surface area (Å²) in [6, 6.07) is 11.9. The van der Waals surface area contributed by atoms with Gasteiger partial charge in [-0.25, -0.2) is 9.59 Å². The third-order valence-electron chi connectivity index (χ3n) is 6.29. The van der Waals surface area contributed by atoms with Crippen molar-refractivity contribution < 1.29 is 4.79 Å². The highest BCUT2D eigenvalue weighted by Crippen LogP contribution is 2.33. The van der Waals surface area contributed by atoms with E-state index in [1.165, 1.54) is 12.0 Å². The topological polar surface area (TPSA) is 71.3 Å². The molecule has 2 amide bonds. The van der Waals surface area contributed by atoms with Gasteiger partial charge in [-0.3, -0.25) is 9.13 Å². The van der Waals surface area contributed by atoms with Crippen molar-refractivity contribution in [1.29, 1.82) is 0 Å². The van der Waals surface area contributed by atoms with Gasteiger partial charge in [-0.1, -0.05) is 29.8 Å². The lowest BCUT2D eigenvalue weighted by Gasteiger charge is -2.31. The lowest BCUT2D eigenvalue weighted by atomic mass is 10.1. The molecule has 0 saturated carbocycles. The first kappa shape index (κ1) is 22.0. The van der Waals surface area contributed by atoms with Crippen LogP contribution >= 0.6 is 0 Å². The molecule has 1 aromatic heterocycles. The third kappa shape index (κ3) is 4.38. The number of hydrogen-bond acceptors (Lipinski definition) is 3. The molecular formula is C25H33N5O2. The number of fused-ring (bicyclic) bond motifs is 1. The molecule has 2 aromatic carbocycles. The van der Waals surface area contributed by atoms with E-state index in [-0.39, 0.29) is 11.7 Å². The van der Waals surface area contributed by atoms with Crippen molar-refractivity contribution in [3.63, 3.8) is 0 Å². The van der Waals surface area contributed by atoms with Crippen LogP contribution in [0.2, 0.25) is 0 Å². The fraction of sp³-hybridized carbons (Fsp3) is 0.440. The van der Waals surface area contributed by atoms with Gasteiger partial charge in [0.1, 0.15) is 0 Å².